The minimum Gasteiger partial charge on any atom is -0.484 e. The van der Waals surface area contributed by atoms with Crippen LogP contribution in [0.3, 0.4) is 0 Å². The van der Waals surface area contributed by atoms with Crippen LogP contribution in [0.2, 0.25) is 0 Å². The summed E-state index contributed by atoms with van der Waals surface area (Å²) >= 11 is 0. The molecule has 29 heavy (non-hydrogen) atoms. The molecule has 0 atom stereocenters. The van der Waals surface area contributed by atoms with E-state index in [0.717, 1.165) is 5.56 Å². The Balaban J connectivity index is 1.73. The number of carbonyl (C=O) groups excluding carboxylic acids is 2. The van der Waals surface area contributed by atoms with E-state index in [1.54, 1.807) is 7.05 Å². The molecule has 0 aliphatic carbocycles. The third-order valence-electron chi connectivity index (χ3n) is 3.76. The zero-order valence-electron chi connectivity index (χ0n) is 15.8. The summed E-state index contributed by atoms with van der Waals surface area (Å²) in [4.78, 5) is 25.5. The van der Waals surface area contributed by atoms with Gasteiger partial charge in [-0.1, -0.05) is 36.4 Å². The fraction of sp³-hybridized carbons (Fsp3) is 0.300. The fourth-order valence-corrected chi connectivity index (χ4v) is 2.40. The number of rotatable bonds is 8. The van der Waals surface area contributed by atoms with Gasteiger partial charge in [0.25, 0.3) is 0 Å². The van der Waals surface area contributed by atoms with Gasteiger partial charge in [-0.2, -0.15) is 13.2 Å². The smallest absolute Gasteiger partial charge is 0.422 e. The minimum atomic E-state index is -4.44. The zero-order chi connectivity index (χ0) is 21.3. The van der Waals surface area contributed by atoms with Gasteiger partial charge in [0.15, 0.2) is 6.61 Å². The lowest BCUT2D eigenvalue weighted by molar-refractivity contribution is -0.153. The van der Waals surface area contributed by atoms with E-state index in [-0.39, 0.29) is 30.7 Å². The van der Waals surface area contributed by atoms with Crippen molar-refractivity contribution < 1.29 is 27.5 Å². The molecule has 2 aromatic carbocycles. The number of nitrogens with one attached hydrogen (secondary N) is 2. The summed E-state index contributed by atoms with van der Waals surface area (Å²) < 4.78 is 41.3. The van der Waals surface area contributed by atoms with Crippen LogP contribution in [0.4, 0.5) is 23.7 Å². The van der Waals surface area contributed by atoms with Crippen molar-refractivity contribution in [1.82, 2.24) is 10.2 Å². The van der Waals surface area contributed by atoms with Gasteiger partial charge in [-0.05, 0) is 17.7 Å². The van der Waals surface area contributed by atoms with Crippen LogP contribution in [0, 0.1) is 0 Å². The molecule has 0 aliphatic rings. The molecule has 2 N–H and O–H groups in total. The summed E-state index contributed by atoms with van der Waals surface area (Å²) in [6.07, 6.45) is -4.43. The Morgan fingerprint density at radius 3 is 2.48 bits per heavy atom. The highest BCUT2D eigenvalue weighted by Crippen LogP contribution is 2.21. The summed E-state index contributed by atoms with van der Waals surface area (Å²) in [5.74, 6) is -0.389. The molecular formula is C20H22F3N3O3. The quantitative estimate of drug-likeness (QED) is 0.697. The number of urea groups is 1. The molecule has 0 spiro atoms. The topological polar surface area (TPSA) is 70.7 Å². The van der Waals surface area contributed by atoms with E-state index in [4.69, 9.17) is 0 Å². The van der Waals surface area contributed by atoms with Crippen LogP contribution in [0.1, 0.15) is 12.0 Å². The molecule has 6 nitrogen and oxygen atoms in total. The molecule has 156 valence electrons. The van der Waals surface area contributed by atoms with E-state index in [1.807, 2.05) is 30.3 Å². The lowest BCUT2D eigenvalue weighted by Crippen LogP contribution is -2.38. The number of benzene rings is 2. The Labute approximate surface area is 166 Å². The zero-order valence-corrected chi connectivity index (χ0v) is 15.8. The highest BCUT2D eigenvalue weighted by atomic mass is 19.4. The van der Waals surface area contributed by atoms with Gasteiger partial charge in [0.1, 0.15) is 5.75 Å². The molecule has 3 amide bonds. The molecule has 0 bridgehead atoms. The van der Waals surface area contributed by atoms with Crippen molar-refractivity contribution in [3.8, 4) is 5.75 Å². The van der Waals surface area contributed by atoms with E-state index >= 15 is 0 Å². The minimum absolute atomic E-state index is 0.00374. The Morgan fingerprint density at radius 2 is 1.79 bits per heavy atom. The molecule has 0 fully saturated rings. The van der Waals surface area contributed by atoms with Crippen LogP contribution >= 0.6 is 0 Å². The second kappa shape index (κ2) is 10.4. The lowest BCUT2D eigenvalue weighted by Gasteiger charge is -2.18. The molecule has 0 unspecified atom stereocenters. The van der Waals surface area contributed by atoms with Crippen molar-refractivity contribution >= 4 is 17.6 Å². The number of alkyl halides is 3. The Kier molecular flexibility index (Phi) is 7.88. The van der Waals surface area contributed by atoms with E-state index in [0.29, 0.717) is 12.2 Å². The van der Waals surface area contributed by atoms with Gasteiger partial charge in [-0.3, -0.25) is 4.79 Å². The number of ether oxygens (including phenoxy) is 1. The molecule has 2 aromatic rings. The number of amides is 3. The second-order valence-electron chi connectivity index (χ2n) is 6.30. The maximum atomic E-state index is 12.2. The lowest BCUT2D eigenvalue weighted by atomic mass is 10.2. The predicted octanol–water partition coefficient (Wildman–Crippen LogP) is 3.80. The van der Waals surface area contributed by atoms with Gasteiger partial charge >= 0.3 is 12.2 Å². The Hall–Kier alpha value is -3.23. The molecule has 0 radical (unpaired) electrons. The second-order valence-corrected chi connectivity index (χ2v) is 6.30. The van der Waals surface area contributed by atoms with Gasteiger partial charge in [-0.15, -0.1) is 0 Å². The highest BCUT2D eigenvalue weighted by molar-refractivity contribution is 5.91. The molecular weight excluding hydrogens is 387 g/mol. The number of halogens is 3. The fourth-order valence-electron chi connectivity index (χ4n) is 2.40. The molecule has 2 rings (SSSR count). The standard InChI is InChI=1S/C20H22F3N3O3/c1-26(13-15-6-3-2-4-7-15)19(28)24-11-10-18(27)25-16-8-5-9-17(12-16)29-14-20(21,22)23/h2-9,12H,10-11,13-14H2,1H3,(H,24,28)(H,25,27). The van der Waals surface area contributed by atoms with Crippen LogP contribution in [0.5, 0.6) is 5.75 Å². The van der Waals surface area contributed by atoms with E-state index in [2.05, 4.69) is 15.4 Å². The van der Waals surface area contributed by atoms with Crippen molar-refractivity contribution in [2.75, 3.05) is 25.5 Å². The van der Waals surface area contributed by atoms with Crippen LogP contribution in [-0.2, 0) is 11.3 Å². The molecule has 0 aromatic heterocycles. The first-order valence-corrected chi connectivity index (χ1v) is 8.85. The Morgan fingerprint density at radius 1 is 1.07 bits per heavy atom. The molecule has 9 heteroatoms. The van der Waals surface area contributed by atoms with E-state index in [9.17, 15) is 22.8 Å². The van der Waals surface area contributed by atoms with Crippen molar-refractivity contribution in [1.29, 1.82) is 0 Å². The van der Waals surface area contributed by atoms with Crippen LogP contribution in [0.15, 0.2) is 54.6 Å². The average Bonchev–Trinajstić information content (AvgIpc) is 2.67. The first-order valence-electron chi connectivity index (χ1n) is 8.85. The summed E-state index contributed by atoms with van der Waals surface area (Å²) in [5.41, 5.74) is 1.29. The van der Waals surface area contributed by atoms with Gasteiger partial charge < -0.3 is 20.3 Å². The third kappa shape index (κ3) is 8.54. The maximum absolute atomic E-state index is 12.2. The first-order chi connectivity index (χ1) is 13.7. The largest absolute Gasteiger partial charge is 0.484 e. The van der Waals surface area contributed by atoms with Gasteiger partial charge in [-0.25, -0.2) is 4.79 Å². The monoisotopic (exact) mass is 409 g/mol. The third-order valence-corrected chi connectivity index (χ3v) is 3.76. The van der Waals surface area contributed by atoms with Crippen molar-refractivity contribution in [2.24, 2.45) is 0 Å². The van der Waals surface area contributed by atoms with Crippen LogP contribution in [0.25, 0.3) is 0 Å². The van der Waals surface area contributed by atoms with Crippen molar-refractivity contribution in [3.63, 3.8) is 0 Å². The number of nitrogens with zero attached hydrogens (tertiary/aromatic N) is 1. The number of carbonyl (C=O) groups is 2. The van der Waals surface area contributed by atoms with Gasteiger partial charge in [0.2, 0.25) is 5.91 Å². The first kappa shape index (κ1) is 22.1. The van der Waals surface area contributed by atoms with Gasteiger partial charge in [0, 0.05) is 38.3 Å². The molecule has 0 aliphatic heterocycles. The predicted molar refractivity (Wildman–Crippen MR) is 103 cm³/mol. The summed E-state index contributed by atoms with van der Waals surface area (Å²) in [6, 6.07) is 14.8. The average molecular weight is 409 g/mol. The van der Waals surface area contributed by atoms with E-state index < -0.39 is 12.8 Å². The molecule has 0 heterocycles. The SMILES string of the molecule is CN(Cc1ccccc1)C(=O)NCCC(=O)Nc1cccc(OCC(F)(F)F)c1. The highest BCUT2D eigenvalue weighted by Gasteiger charge is 2.28. The summed E-state index contributed by atoms with van der Waals surface area (Å²) in [7, 11) is 1.65. The number of anilines is 1. The van der Waals surface area contributed by atoms with Crippen LogP contribution in [-0.4, -0.2) is 43.2 Å². The summed E-state index contributed by atoms with van der Waals surface area (Å²) in [6.45, 7) is -0.857. The molecule has 0 saturated heterocycles. The van der Waals surface area contributed by atoms with Crippen molar-refractivity contribution in [3.05, 3.63) is 60.2 Å². The maximum Gasteiger partial charge on any atom is 0.422 e. The Bertz CT molecular complexity index is 813. The van der Waals surface area contributed by atoms with E-state index in [1.165, 1.54) is 29.2 Å². The van der Waals surface area contributed by atoms with Gasteiger partial charge in [0.05, 0.1) is 0 Å². The van der Waals surface area contributed by atoms with Crippen LogP contribution < -0.4 is 15.4 Å². The number of hydrogen-bond donors (Lipinski definition) is 2. The normalized spacial score (nSPS) is 10.9. The number of hydrogen-bond acceptors (Lipinski definition) is 3. The summed E-state index contributed by atoms with van der Waals surface area (Å²) in [5, 5.41) is 5.20. The molecule has 0 saturated carbocycles. The van der Waals surface area contributed by atoms with Crippen molar-refractivity contribution in [2.45, 2.75) is 19.1 Å².